The fourth-order valence-electron chi connectivity index (χ4n) is 3.43. The molecule has 1 aromatic rings. The lowest BCUT2D eigenvalue weighted by Gasteiger charge is -2.20. The maximum atomic E-state index is 12.0. The monoisotopic (exact) mass is 390 g/mol. The van der Waals surface area contributed by atoms with Gasteiger partial charge in [-0.05, 0) is 38.9 Å². The quantitative estimate of drug-likeness (QED) is 0.414. The molecule has 1 atom stereocenters. The molecule has 1 aromatic carbocycles. The van der Waals surface area contributed by atoms with Gasteiger partial charge in [-0.15, -0.1) is 0 Å². The molecule has 0 aliphatic rings. The van der Waals surface area contributed by atoms with Crippen LogP contribution in [0.3, 0.4) is 0 Å². The number of rotatable bonds is 16. The molecule has 0 saturated heterocycles. The molecule has 0 aliphatic heterocycles. The number of benzene rings is 1. The third kappa shape index (κ3) is 13.3. The summed E-state index contributed by atoms with van der Waals surface area (Å²) in [6.45, 7) is 0.544. The van der Waals surface area contributed by atoms with Gasteiger partial charge in [0.2, 0.25) is 5.91 Å². The summed E-state index contributed by atoms with van der Waals surface area (Å²) < 4.78 is 0. The van der Waals surface area contributed by atoms with Crippen molar-refractivity contribution in [2.75, 3.05) is 20.6 Å². The second kappa shape index (κ2) is 15.1. The molecule has 0 radical (unpaired) electrons. The molecule has 0 bridgehead atoms. The Hall–Kier alpha value is -1.88. The second-order valence-corrected chi connectivity index (χ2v) is 7.94. The van der Waals surface area contributed by atoms with Crippen LogP contribution in [0.5, 0.6) is 0 Å². The highest BCUT2D eigenvalue weighted by Crippen LogP contribution is 2.12. The van der Waals surface area contributed by atoms with Crippen molar-refractivity contribution in [1.82, 2.24) is 10.2 Å². The lowest BCUT2D eigenvalue weighted by atomic mass is 10.0. The highest BCUT2D eigenvalue weighted by Gasteiger charge is 2.16. The van der Waals surface area contributed by atoms with E-state index in [1.165, 1.54) is 50.5 Å². The van der Waals surface area contributed by atoms with Crippen molar-refractivity contribution in [2.45, 2.75) is 76.7 Å². The van der Waals surface area contributed by atoms with Gasteiger partial charge in [0.05, 0.1) is 12.5 Å². The van der Waals surface area contributed by atoms with Crippen molar-refractivity contribution in [3.05, 3.63) is 35.9 Å². The molecular weight excluding hydrogens is 352 g/mol. The highest BCUT2D eigenvalue weighted by atomic mass is 16.4. The van der Waals surface area contributed by atoms with Gasteiger partial charge >= 0.3 is 5.97 Å². The number of hydrogen-bond acceptors (Lipinski definition) is 3. The molecule has 1 unspecified atom stereocenters. The average Bonchev–Trinajstić information content (AvgIpc) is 2.63. The number of hydrogen-bond donors (Lipinski definition) is 2. The van der Waals surface area contributed by atoms with Crippen LogP contribution in [0.4, 0.5) is 0 Å². The van der Waals surface area contributed by atoms with E-state index in [2.05, 4.69) is 35.6 Å². The Balaban J connectivity index is 1.98. The summed E-state index contributed by atoms with van der Waals surface area (Å²) in [5.74, 6) is -0.912. The van der Waals surface area contributed by atoms with Gasteiger partial charge in [-0.2, -0.15) is 0 Å². The van der Waals surface area contributed by atoms with E-state index in [9.17, 15) is 9.59 Å². The van der Waals surface area contributed by atoms with E-state index in [-0.39, 0.29) is 18.4 Å². The predicted octanol–water partition coefficient (Wildman–Crippen LogP) is 4.26. The topological polar surface area (TPSA) is 69.6 Å². The minimum Gasteiger partial charge on any atom is -0.481 e. The number of nitrogens with zero attached hydrogens (tertiary/aromatic N) is 1. The van der Waals surface area contributed by atoms with Crippen LogP contribution in [0.1, 0.15) is 69.8 Å². The standard InChI is InChI=1S/C23H38N2O3/c1-25(2)19-21(18-23(27)28)24-22(26)17-13-8-6-4-3-5-7-10-14-20-15-11-9-12-16-20/h9,11-12,15-16,21H,3-8,10,13-14,17-19H2,1-2H3,(H,24,26)(H,27,28). The molecule has 0 saturated carbocycles. The highest BCUT2D eigenvalue weighted by molar-refractivity contribution is 5.77. The van der Waals surface area contributed by atoms with E-state index in [1.54, 1.807) is 0 Å². The fraction of sp³-hybridized carbons (Fsp3) is 0.652. The zero-order valence-corrected chi connectivity index (χ0v) is 17.7. The third-order valence-electron chi connectivity index (χ3n) is 4.83. The van der Waals surface area contributed by atoms with Crippen molar-refractivity contribution < 1.29 is 14.7 Å². The van der Waals surface area contributed by atoms with Crippen molar-refractivity contribution in [3.8, 4) is 0 Å². The van der Waals surface area contributed by atoms with Gasteiger partial charge in [0, 0.05) is 13.0 Å². The number of carboxylic acids is 1. The SMILES string of the molecule is CN(C)CC(CC(=O)O)NC(=O)CCCCCCCCCCc1ccccc1. The molecule has 28 heavy (non-hydrogen) atoms. The first-order chi connectivity index (χ1) is 13.5. The van der Waals surface area contributed by atoms with Gasteiger partial charge in [0.15, 0.2) is 0 Å². The first-order valence-corrected chi connectivity index (χ1v) is 10.7. The van der Waals surface area contributed by atoms with Crippen LogP contribution in [0.15, 0.2) is 30.3 Å². The fourth-order valence-corrected chi connectivity index (χ4v) is 3.43. The van der Waals surface area contributed by atoms with Gasteiger partial charge in [-0.25, -0.2) is 0 Å². The minimum atomic E-state index is -0.879. The van der Waals surface area contributed by atoms with Crippen LogP contribution in [0.25, 0.3) is 0 Å². The number of carbonyl (C=O) groups excluding carboxylic acids is 1. The van der Waals surface area contributed by atoms with Gasteiger partial charge in [-0.3, -0.25) is 9.59 Å². The number of carboxylic acid groups (broad SMARTS) is 1. The van der Waals surface area contributed by atoms with Gasteiger partial charge in [0.1, 0.15) is 0 Å². The van der Waals surface area contributed by atoms with Gasteiger partial charge in [-0.1, -0.05) is 68.9 Å². The normalized spacial score (nSPS) is 12.1. The largest absolute Gasteiger partial charge is 0.481 e. The Labute approximate surface area is 170 Å². The van der Waals surface area contributed by atoms with E-state index in [1.807, 2.05) is 19.0 Å². The number of unbranched alkanes of at least 4 members (excludes halogenated alkanes) is 7. The van der Waals surface area contributed by atoms with E-state index < -0.39 is 5.97 Å². The second-order valence-electron chi connectivity index (χ2n) is 7.94. The summed E-state index contributed by atoms with van der Waals surface area (Å²) in [6, 6.07) is 10.3. The number of aryl methyl sites for hydroxylation is 1. The molecule has 2 N–H and O–H groups in total. The zero-order chi connectivity index (χ0) is 20.6. The van der Waals surface area contributed by atoms with E-state index in [0.717, 1.165) is 12.8 Å². The molecule has 0 fully saturated rings. The summed E-state index contributed by atoms with van der Waals surface area (Å²) >= 11 is 0. The lowest BCUT2D eigenvalue weighted by Crippen LogP contribution is -2.42. The van der Waals surface area contributed by atoms with E-state index in [4.69, 9.17) is 5.11 Å². The van der Waals surface area contributed by atoms with Gasteiger partial charge < -0.3 is 15.3 Å². The summed E-state index contributed by atoms with van der Waals surface area (Å²) in [6.07, 6.45) is 11.1. The molecule has 0 aliphatic carbocycles. The van der Waals surface area contributed by atoms with E-state index >= 15 is 0 Å². The van der Waals surface area contributed by atoms with Crippen LogP contribution in [-0.2, 0) is 16.0 Å². The Morgan fingerprint density at radius 2 is 1.50 bits per heavy atom. The summed E-state index contributed by atoms with van der Waals surface area (Å²) in [7, 11) is 3.76. The summed E-state index contributed by atoms with van der Waals surface area (Å²) in [5, 5.41) is 11.8. The molecule has 0 spiro atoms. The Kier molecular flexibility index (Phi) is 13.0. The molecular formula is C23H38N2O3. The molecule has 0 heterocycles. The van der Waals surface area contributed by atoms with E-state index in [0.29, 0.717) is 13.0 Å². The lowest BCUT2D eigenvalue weighted by molar-refractivity contribution is -0.137. The van der Waals surface area contributed by atoms with Crippen LogP contribution < -0.4 is 5.32 Å². The number of aliphatic carboxylic acids is 1. The smallest absolute Gasteiger partial charge is 0.305 e. The Morgan fingerprint density at radius 3 is 2.07 bits per heavy atom. The third-order valence-corrected chi connectivity index (χ3v) is 4.83. The molecule has 1 rings (SSSR count). The Morgan fingerprint density at radius 1 is 0.929 bits per heavy atom. The first-order valence-electron chi connectivity index (χ1n) is 10.7. The minimum absolute atomic E-state index is 0.0333. The number of likely N-dealkylation sites (N-methyl/N-ethyl adjacent to an activating group) is 1. The van der Waals surface area contributed by atoms with Crippen LogP contribution >= 0.6 is 0 Å². The molecule has 0 aromatic heterocycles. The van der Waals surface area contributed by atoms with Crippen molar-refractivity contribution in [1.29, 1.82) is 0 Å². The zero-order valence-electron chi connectivity index (χ0n) is 17.7. The van der Waals surface area contributed by atoms with Crippen molar-refractivity contribution in [3.63, 3.8) is 0 Å². The molecule has 5 nitrogen and oxygen atoms in total. The maximum absolute atomic E-state index is 12.0. The molecule has 158 valence electrons. The Bertz CT molecular complexity index is 546. The first kappa shape index (κ1) is 24.2. The number of carbonyl (C=O) groups is 2. The average molecular weight is 391 g/mol. The van der Waals surface area contributed by atoms with Crippen LogP contribution in [0.2, 0.25) is 0 Å². The van der Waals surface area contributed by atoms with Crippen molar-refractivity contribution >= 4 is 11.9 Å². The van der Waals surface area contributed by atoms with Crippen LogP contribution in [0, 0.1) is 0 Å². The predicted molar refractivity (Wildman–Crippen MR) is 114 cm³/mol. The molecule has 1 amide bonds. The van der Waals surface area contributed by atoms with Crippen molar-refractivity contribution in [2.24, 2.45) is 0 Å². The summed E-state index contributed by atoms with van der Waals surface area (Å²) in [5.41, 5.74) is 1.43. The van der Waals surface area contributed by atoms with Gasteiger partial charge in [0.25, 0.3) is 0 Å². The maximum Gasteiger partial charge on any atom is 0.305 e. The summed E-state index contributed by atoms with van der Waals surface area (Å²) in [4.78, 5) is 24.8. The number of nitrogens with one attached hydrogen (secondary N) is 1. The van der Waals surface area contributed by atoms with Crippen LogP contribution in [-0.4, -0.2) is 48.6 Å². The molecule has 5 heteroatoms. The number of amides is 1.